The van der Waals surface area contributed by atoms with Gasteiger partial charge in [-0.2, -0.15) is 0 Å². The summed E-state index contributed by atoms with van der Waals surface area (Å²) in [6.45, 7) is 2.13. The molecule has 0 bridgehead atoms. The van der Waals surface area contributed by atoms with E-state index >= 15 is 0 Å². The van der Waals surface area contributed by atoms with Crippen LogP contribution in [0, 0.1) is 6.92 Å². The van der Waals surface area contributed by atoms with Crippen LogP contribution in [-0.4, -0.2) is 7.76 Å². The van der Waals surface area contributed by atoms with Crippen LogP contribution in [-0.2, 0) is 0 Å². The van der Waals surface area contributed by atoms with E-state index in [1.165, 1.54) is 27.4 Å². The van der Waals surface area contributed by atoms with E-state index < -0.39 is 0 Å². The van der Waals surface area contributed by atoms with Crippen molar-refractivity contribution in [3.8, 4) is 11.1 Å². The minimum atomic E-state index is 1.02. The first kappa shape index (κ1) is 12.8. The molecule has 0 amide bonds. The zero-order valence-electron chi connectivity index (χ0n) is 11.5. The number of hydrogen-bond acceptors (Lipinski definition) is 1. The van der Waals surface area contributed by atoms with Crippen molar-refractivity contribution < 1.29 is 0 Å². The lowest BCUT2D eigenvalue weighted by atomic mass is 10.1. The highest BCUT2D eigenvalue weighted by atomic mass is 127. The van der Waals surface area contributed by atoms with Crippen molar-refractivity contribution in [1.82, 2.24) is 7.76 Å². The molecular formula is C18H13IN2. The van der Waals surface area contributed by atoms with Crippen LogP contribution >= 0.6 is 22.9 Å². The van der Waals surface area contributed by atoms with Crippen molar-refractivity contribution in [2.75, 3.05) is 0 Å². The van der Waals surface area contributed by atoms with Gasteiger partial charge in [-0.1, -0.05) is 42.0 Å². The third-order valence-corrected chi connectivity index (χ3v) is 4.79. The molecule has 0 aliphatic heterocycles. The van der Waals surface area contributed by atoms with Gasteiger partial charge in [-0.3, -0.25) is 2.78 Å². The second-order valence-electron chi connectivity index (χ2n) is 5.26. The molecule has 2 aromatic heterocycles. The van der Waals surface area contributed by atoms with Crippen molar-refractivity contribution in [3.05, 3.63) is 66.4 Å². The van der Waals surface area contributed by atoms with Crippen LogP contribution in [0.3, 0.4) is 0 Å². The van der Waals surface area contributed by atoms with Gasteiger partial charge in [-0.25, -0.2) is 4.98 Å². The molecule has 4 aromatic rings. The number of aryl methyl sites for hydroxylation is 1. The summed E-state index contributed by atoms with van der Waals surface area (Å²) in [5.74, 6) is 0. The summed E-state index contributed by atoms with van der Waals surface area (Å²) in [7, 11) is 0. The zero-order valence-corrected chi connectivity index (χ0v) is 13.7. The van der Waals surface area contributed by atoms with Crippen LogP contribution in [0.2, 0.25) is 0 Å². The van der Waals surface area contributed by atoms with Gasteiger partial charge in [-0.05, 0) is 30.7 Å². The first-order valence-electron chi connectivity index (χ1n) is 6.86. The SMILES string of the molecule is Cc1ccc2c(c1)c1cc(-c3ccccc3)cnc1n2I. The quantitative estimate of drug-likeness (QED) is 0.404. The minimum absolute atomic E-state index is 1.02. The second-order valence-corrected chi connectivity index (χ2v) is 6.23. The Morgan fingerprint density at radius 2 is 1.71 bits per heavy atom. The average molecular weight is 384 g/mol. The first-order chi connectivity index (χ1) is 10.2. The Morgan fingerprint density at radius 1 is 0.905 bits per heavy atom. The highest BCUT2D eigenvalue weighted by molar-refractivity contribution is 14.1. The minimum Gasteiger partial charge on any atom is -0.266 e. The van der Waals surface area contributed by atoms with Crippen molar-refractivity contribution in [2.45, 2.75) is 6.92 Å². The maximum atomic E-state index is 4.68. The lowest BCUT2D eigenvalue weighted by molar-refractivity contribution is 1.33. The van der Waals surface area contributed by atoms with Gasteiger partial charge in [0.15, 0.2) is 0 Å². The largest absolute Gasteiger partial charge is 0.266 e. The molecule has 102 valence electrons. The van der Waals surface area contributed by atoms with Crippen molar-refractivity contribution in [1.29, 1.82) is 0 Å². The molecule has 0 radical (unpaired) electrons. The van der Waals surface area contributed by atoms with Crippen LogP contribution in [0.5, 0.6) is 0 Å². The predicted octanol–water partition coefficient (Wildman–Crippen LogP) is 5.36. The third-order valence-electron chi connectivity index (χ3n) is 3.81. The van der Waals surface area contributed by atoms with Crippen LogP contribution in [0.1, 0.15) is 5.56 Å². The van der Waals surface area contributed by atoms with Gasteiger partial charge >= 0.3 is 0 Å². The van der Waals surface area contributed by atoms with Crippen LogP contribution in [0.15, 0.2) is 60.8 Å². The van der Waals surface area contributed by atoms with E-state index in [4.69, 9.17) is 0 Å². The molecule has 2 aromatic carbocycles. The molecule has 0 unspecified atom stereocenters. The zero-order chi connectivity index (χ0) is 14.4. The fraction of sp³-hybridized carbons (Fsp3) is 0.0556. The summed E-state index contributed by atoms with van der Waals surface area (Å²) in [4.78, 5) is 4.68. The topological polar surface area (TPSA) is 17.8 Å². The highest BCUT2D eigenvalue weighted by Gasteiger charge is 2.11. The molecule has 0 atom stereocenters. The molecule has 0 spiro atoms. The summed E-state index contributed by atoms with van der Waals surface area (Å²) >= 11 is 2.32. The Kier molecular flexibility index (Phi) is 2.96. The number of nitrogens with zero attached hydrogens (tertiary/aromatic N) is 2. The van der Waals surface area contributed by atoms with E-state index in [1.807, 2.05) is 12.3 Å². The first-order valence-corrected chi connectivity index (χ1v) is 7.83. The number of pyridine rings is 1. The Hall–Kier alpha value is -1.88. The number of aromatic nitrogens is 2. The number of hydrogen-bond donors (Lipinski definition) is 0. The van der Waals surface area contributed by atoms with Crippen molar-refractivity contribution >= 4 is 44.8 Å². The van der Waals surface area contributed by atoms with E-state index in [9.17, 15) is 0 Å². The van der Waals surface area contributed by atoms with Crippen molar-refractivity contribution in [2.24, 2.45) is 0 Å². The monoisotopic (exact) mass is 384 g/mol. The Bertz CT molecular complexity index is 955. The molecule has 0 aliphatic carbocycles. The number of rotatable bonds is 1. The Balaban J connectivity index is 2.07. The molecule has 0 saturated carbocycles. The van der Waals surface area contributed by atoms with Gasteiger partial charge in [-0.15, -0.1) is 0 Å². The maximum absolute atomic E-state index is 4.68. The molecule has 21 heavy (non-hydrogen) atoms. The summed E-state index contributed by atoms with van der Waals surface area (Å²) in [5, 5.41) is 2.48. The summed E-state index contributed by atoms with van der Waals surface area (Å²) < 4.78 is 2.14. The third kappa shape index (κ3) is 2.03. The number of halogens is 1. The molecule has 0 fully saturated rings. The van der Waals surface area contributed by atoms with Gasteiger partial charge < -0.3 is 0 Å². The lowest BCUT2D eigenvalue weighted by Crippen LogP contribution is -1.84. The fourth-order valence-electron chi connectivity index (χ4n) is 2.75. The Labute approximate surface area is 136 Å². The van der Waals surface area contributed by atoms with E-state index in [0.29, 0.717) is 0 Å². The van der Waals surface area contributed by atoms with Crippen molar-refractivity contribution in [3.63, 3.8) is 0 Å². The highest BCUT2D eigenvalue weighted by Crippen LogP contribution is 2.32. The van der Waals surface area contributed by atoms with Gasteiger partial charge in [0.1, 0.15) is 5.65 Å². The number of benzene rings is 2. The molecule has 0 N–H and O–H groups in total. The van der Waals surface area contributed by atoms with Gasteiger partial charge in [0.2, 0.25) is 0 Å². The summed E-state index contributed by atoms with van der Waals surface area (Å²) in [6, 6.07) is 19.2. The Morgan fingerprint density at radius 3 is 2.52 bits per heavy atom. The standard InChI is InChI=1S/C18H13IN2/c1-12-7-8-17-15(9-12)16-10-14(11-20-18(16)21(17)19)13-5-3-2-4-6-13/h2-11H,1H3. The molecule has 3 heteroatoms. The van der Waals surface area contributed by atoms with Gasteiger partial charge in [0.25, 0.3) is 0 Å². The van der Waals surface area contributed by atoms with Crippen LogP contribution < -0.4 is 0 Å². The van der Waals surface area contributed by atoms with E-state index in [-0.39, 0.29) is 0 Å². The van der Waals surface area contributed by atoms with E-state index in [1.54, 1.807) is 0 Å². The normalized spacial score (nSPS) is 11.3. The van der Waals surface area contributed by atoms with Gasteiger partial charge in [0, 0.05) is 22.5 Å². The van der Waals surface area contributed by atoms with Crippen LogP contribution in [0.4, 0.5) is 0 Å². The number of fused-ring (bicyclic) bond motifs is 3. The predicted molar refractivity (Wildman–Crippen MR) is 96.8 cm³/mol. The fourth-order valence-corrected chi connectivity index (χ4v) is 3.56. The van der Waals surface area contributed by atoms with E-state index in [0.717, 1.165) is 11.2 Å². The van der Waals surface area contributed by atoms with E-state index in [2.05, 4.69) is 86.1 Å². The molecule has 2 nitrogen and oxygen atoms in total. The molecule has 0 saturated heterocycles. The summed E-state index contributed by atoms with van der Waals surface area (Å²) in [5.41, 5.74) is 5.88. The lowest BCUT2D eigenvalue weighted by Gasteiger charge is -2.01. The average Bonchev–Trinajstić information content (AvgIpc) is 2.80. The molecule has 0 aliphatic rings. The summed E-state index contributed by atoms with van der Waals surface area (Å²) in [6.07, 6.45) is 1.96. The van der Waals surface area contributed by atoms with Crippen LogP contribution in [0.25, 0.3) is 33.1 Å². The maximum Gasteiger partial charge on any atom is 0.149 e. The molecular weight excluding hydrogens is 371 g/mol. The second kappa shape index (κ2) is 4.84. The molecule has 4 rings (SSSR count). The van der Waals surface area contributed by atoms with Gasteiger partial charge in [0.05, 0.1) is 28.4 Å². The molecule has 2 heterocycles. The smallest absolute Gasteiger partial charge is 0.149 e.